The number of benzene rings is 2. The van der Waals surface area contributed by atoms with E-state index < -0.39 is 10.0 Å². The Morgan fingerprint density at radius 2 is 2.00 bits per heavy atom. The molecular formula is C19H20N2O5S2. The van der Waals surface area contributed by atoms with E-state index in [1.807, 2.05) is 6.92 Å². The summed E-state index contributed by atoms with van der Waals surface area (Å²) in [5.41, 5.74) is 1.40. The zero-order chi connectivity index (χ0) is 19.9. The van der Waals surface area contributed by atoms with Gasteiger partial charge in [-0.2, -0.15) is 0 Å². The Morgan fingerprint density at radius 3 is 2.79 bits per heavy atom. The van der Waals surface area contributed by atoms with Crippen LogP contribution >= 0.6 is 11.8 Å². The number of nitrogens with zero attached hydrogens (tertiary/aromatic N) is 1. The number of carbonyl (C=O) groups excluding carboxylic acids is 1. The summed E-state index contributed by atoms with van der Waals surface area (Å²) in [4.78, 5) is 14.7. The SMILES string of the molecule is CC(=O)N1C[C@@H](C)Sc2ccc(S(=O)(=O)NCc3ccc4c(c3)OCO4)cc21. The molecule has 1 atom stereocenters. The Balaban J connectivity index is 1.56. The topological polar surface area (TPSA) is 84.9 Å². The molecule has 2 heterocycles. The smallest absolute Gasteiger partial charge is 0.240 e. The maximum absolute atomic E-state index is 12.8. The van der Waals surface area contributed by atoms with Crippen molar-refractivity contribution in [2.45, 2.75) is 35.4 Å². The number of hydrogen-bond donors (Lipinski definition) is 1. The number of amides is 1. The number of carbonyl (C=O) groups is 1. The van der Waals surface area contributed by atoms with Gasteiger partial charge in [-0.25, -0.2) is 13.1 Å². The summed E-state index contributed by atoms with van der Waals surface area (Å²) in [7, 11) is -3.74. The van der Waals surface area contributed by atoms with E-state index in [-0.39, 0.29) is 29.4 Å². The molecule has 0 saturated carbocycles. The van der Waals surface area contributed by atoms with E-state index in [4.69, 9.17) is 9.47 Å². The van der Waals surface area contributed by atoms with Gasteiger partial charge in [0.05, 0.1) is 10.6 Å². The number of nitrogens with one attached hydrogen (secondary N) is 1. The molecule has 2 aromatic rings. The standard InChI is InChI=1S/C19H20N2O5S2/c1-12-10-21(13(2)22)16-8-15(4-6-19(16)27-12)28(23,24)20-9-14-3-5-17-18(7-14)26-11-25-17/h3-8,12,20H,9-11H2,1-2H3/t12-/m1/s1. The fourth-order valence-corrected chi connectivity index (χ4v) is 5.33. The Kier molecular flexibility index (Phi) is 4.98. The van der Waals surface area contributed by atoms with Crippen molar-refractivity contribution in [1.82, 2.24) is 4.72 Å². The summed E-state index contributed by atoms with van der Waals surface area (Å²) in [6.45, 7) is 4.38. The molecule has 2 aliphatic heterocycles. The van der Waals surface area contributed by atoms with Crippen LogP contribution in [0.5, 0.6) is 11.5 Å². The molecule has 0 spiro atoms. The minimum atomic E-state index is -3.74. The molecule has 4 rings (SSSR count). The van der Waals surface area contributed by atoms with Crippen LogP contribution in [0.25, 0.3) is 0 Å². The first-order valence-electron chi connectivity index (χ1n) is 8.80. The van der Waals surface area contributed by atoms with Crippen molar-refractivity contribution in [2.24, 2.45) is 0 Å². The van der Waals surface area contributed by atoms with Gasteiger partial charge in [-0.1, -0.05) is 13.0 Å². The van der Waals surface area contributed by atoms with E-state index in [1.165, 1.54) is 6.92 Å². The summed E-state index contributed by atoms with van der Waals surface area (Å²) in [6.07, 6.45) is 0. The number of anilines is 1. The highest BCUT2D eigenvalue weighted by Crippen LogP contribution is 2.39. The average Bonchev–Trinajstić information content (AvgIpc) is 3.13. The second kappa shape index (κ2) is 7.31. The van der Waals surface area contributed by atoms with E-state index in [0.29, 0.717) is 23.7 Å². The molecule has 2 aromatic carbocycles. The number of thioether (sulfide) groups is 1. The van der Waals surface area contributed by atoms with Crippen LogP contribution < -0.4 is 19.1 Å². The van der Waals surface area contributed by atoms with Crippen LogP contribution in [-0.2, 0) is 21.4 Å². The van der Waals surface area contributed by atoms with Gasteiger partial charge in [-0.3, -0.25) is 4.79 Å². The monoisotopic (exact) mass is 420 g/mol. The molecular weight excluding hydrogens is 400 g/mol. The molecule has 28 heavy (non-hydrogen) atoms. The van der Waals surface area contributed by atoms with Crippen LogP contribution in [0.15, 0.2) is 46.2 Å². The van der Waals surface area contributed by atoms with Crippen LogP contribution in [0.1, 0.15) is 19.4 Å². The van der Waals surface area contributed by atoms with Gasteiger partial charge in [0.1, 0.15) is 0 Å². The van der Waals surface area contributed by atoms with Gasteiger partial charge in [0, 0.05) is 30.2 Å². The molecule has 0 aliphatic carbocycles. The normalized spacial score (nSPS) is 18.1. The maximum atomic E-state index is 12.8. The highest BCUT2D eigenvalue weighted by Gasteiger charge is 2.27. The van der Waals surface area contributed by atoms with Gasteiger partial charge in [0.15, 0.2) is 11.5 Å². The third-order valence-corrected chi connectivity index (χ3v) is 7.13. The first-order valence-corrected chi connectivity index (χ1v) is 11.2. The van der Waals surface area contributed by atoms with E-state index in [2.05, 4.69) is 4.72 Å². The third-order valence-electron chi connectivity index (χ3n) is 4.58. The first-order chi connectivity index (χ1) is 13.3. The van der Waals surface area contributed by atoms with Gasteiger partial charge in [-0.15, -0.1) is 11.8 Å². The fourth-order valence-electron chi connectivity index (χ4n) is 3.20. The van der Waals surface area contributed by atoms with Gasteiger partial charge in [0.25, 0.3) is 0 Å². The zero-order valence-electron chi connectivity index (χ0n) is 15.5. The molecule has 0 fully saturated rings. The second-order valence-corrected chi connectivity index (χ2v) is 9.95. The Bertz CT molecular complexity index is 1040. The summed E-state index contributed by atoms with van der Waals surface area (Å²) < 4.78 is 38.8. The van der Waals surface area contributed by atoms with Gasteiger partial charge >= 0.3 is 0 Å². The fraction of sp³-hybridized carbons (Fsp3) is 0.316. The molecule has 7 nitrogen and oxygen atoms in total. The molecule has 0 bridgehead atoms. The lowest BCUT2D eigenvalue weighted by Crippen LogP contribution is -2.37. The second-order valence-electron chi connectivity index (χ2n) is 6.70. The lowest BCUT2D eigenvalue weighted by Gasteiger charge is -2.32. The van der Waals surface area contributed by atoms with Crippen molar-refractivity contribution >= 4 is 33.4 Å². The Labute approximate surface area is 168 Å². The van der Waals surface area contributed by atoms with Gasteiger partial charge in [0.2, 0.25) is 22.7 Å². The highest BCUT2D eigenvalue weighted by atomic mass is 32.2. The van der Waals surface area contributed by atoms with Crippen LogP contribution in [0.3, 0.4) is 0 Å². The quantitative estimate of drug-likeness (QED) is 0.819. The minimum absolute atomic E-state index is 0.101. The Morgan fingerprint density at radius 1 is 1.21 bits per heavy atom. The van der Waals surface area contributed by atoms with E-state index in [9.17, 15) is 13.2 Å². The largest absolute Gasteiger partial charge is 0.454 e. The summed E-state index contributed by atoms with van der Waals surface area (Å²) in [6, 6.07) is 10.2. The highest BCUT2D eigenvalue weighted by molar-refractivity contribution is 8.00. The summed E-state index contributed by atoms with van der Waals surface area (Å²) in [5, 5.41) is 0.253. The number of fused-ring (bicyclic) bond motifs is 2. The minimum Gasteiger partial charge on any atom is -0.454 e. The van der Waals surface area contributed by atoms with Crippen LogP contribution in [0, 0.1) is 0 Å². The molecule has 1 amide bonds. The lowest BCUT2D eigenvalue weighted by atomic mass is 10.2. The van der Waals surface area contributed by atoms with Crippen LogP contribution in [-0.4, -0.2) is 32.9 Å². The van der Waals surface area contributed by atoms with E-state index in [1.54, 1.807) is 53.1 Å². The molecule has 0 unspecified atom stereocenters. The van der Waals surface area contributed by atoms with E-state index >= 15 is 0 Å². The molecule has 148 valence electrons. The third kappa shape index (κ3) is 3.69. The molecule has 0 saturated heterocycles. The summed E-state index contributed by atoms with van der Waals surface area (Å²) >= 11 is 1.64. The number of ether oxygens (including phenoxy) is 2. The number of sulfonamides is 1. The molecule has 2 aliphatic rings. The lowest BCUT2D eigenvalue weighted by molar-refractivity contribution is -0.116. The Hall–Kier alpha value is -2.23. The zero-order valence-corrected chi connectivity index (χ0v) is 17.1. The maximum Gasteiger partial charge on any atom is 0.240 e. The van der Waals surface area contributed by atoms with Crippen molar-refractivity contribution in [3.8, 4) is 11.5 Å². The number of hydrogen-bond acceptors (Lipinski definition) is 6. The van der Waals surface area contributed by atoms with Crippen molar-refractivity contribution < 1.29 is 22.7 Å². The van der Waals surface area contributed by atoms with Crippen molar-refractivity contribution in [3.05, 3.63) is 42.0 Å². The average molecular weight is 421 g/mol. The predicted octanol–water partition coefficient (Wildman–Crippen LogP) is 2.74. The van der Waals surface area contributed by atoms with Crippen molar-refractivity contribution in [3.63, 3.8) is 0 Å². The molecule has 1 N–H and O–H groups in total. The molecule has 9 heteroatoms. The van der Waals surface area contributed by atoms with Crippen molar-refractivity contribution in [2.75, 3.05) is 18.2 Å². The van der Waals surface area contributed by atoms with Gasteiger partial charge in [-0.05, 0) is 35.9 Å². The summed E-state index contributed by atoms with van der Waals surface area (Å²) in [5.74, 6) is 1.15. The first kappa shape index (κ1) is 19.1. The molecule has 0 aromatic heterocycles. The van der Waals surface area contributed by atoms with Crippen LogP contribution in [0.2, 0.25) is 0 Å². The van der Waals surface area contributed by atoms with Crippen LogP contribution in [0.4, 0.5) is 5.69 Å². The van der Waals surface area contributed by atoms with E-state index in [0.717, 1.165) is 10.5 Å². The van der Waals surface area contributed by atoms with Crippen molar-refractivity contribution in [1.29, 1.82) is 0 Å². The molecule has 0 radical (unpaired) electrons. The predicted molar refractivity (Wildman–Crippen MR) is 106 cm³/mol. The van der Waals surface area contributed by atoms with Gasteiger partial charge < -0.3 is 14.4 Å². The number of rotatable bonds is 4.